The van der Waals surface area contributed by atoms with Crippen molar-refractivity contribution in [1.29, 1.82) is 0 Å². The number of ether oxygens (including phenoxy) is 1. The number of carbonyl (C=O) groups excluding carboxylic acids is 4. The van der Waals surface area contributed by atoms with Crippen LogP contribution in [0.4, 0.5) is 4.79 Å². The van der Waals surface area contributed by atoms with E-state index < -0.39 is 17.5 Å². The van der Waals surface area contributed by atoms with E-state index in [-0.39, 0.29) is 31.4 Å². The van der Waals surface area contributed by atoms with Crippen LogP contribution in [0.25, 0.3) is 0 Å². The van der Waals surface area contributed by atoms with Crippen molar-refractivity contribution in [3.05, 3.63) is 35.4 Å². The Morgan fingerprint density at radius 1 is 1.19 bits per heavy atom. The van der Waals surface area contributed by atoms with Gasteiger partial charge in [0.1, 0.15) is 5.54 Å². The van der Waals surface area contributed by atoms with Gasteiger partial charge >= 0.3 is 12.0 Å². The number of hydrogen-bond donors (Lipinski definition) is 1. The monoisotopic (exact) mass is 373 g/mol. The Morgan fingerprint density at radius 3 is 2.56 bits per heavy atom. The number of carbonyl (C=O) groups is 4. The highest BCUT2D eigenvalue weighted by molar-refractivity contribution is 6.06. The summed E-state index contributed by atoms with van der Waals surface area (Å²) in [6.07, 6.45) is 0.628. The van der Waals surface area contributed by atoms with E-state index in [1.54, 1.807) is 18.7 Å². The van der Waals surface area contributed by atoms with Gasteiger partial charge in [-0.1, -0.05) is 24.3 Å². The summed E-state index contributed by atoms with van der Waals surface area (Å²) in [6, 6.07) is 7.42. The number of fused-ring (bicyclic) bond motifs is 1. The molecule has 27 heavy (non-hydrogen) atoms. The molecule has 1 saturated heterocycles. The quantitative estimate of drug-likeness (QED) is 0.609. The van der Waals surface area contributed by atoms with Gasteiger partial charge < -0.3 is 15.0 Å². The van der Waals surface area contributed by atoms with E-state index >= 15 is 0 Å². The fourth-order valence-electron chi connectivity index (χ4n) is 3.24. The number of benzene rings is 1. The lowest BCUT2D eigenvalue weighted by atomic mass is 10.00. The summed E-state index contributed by atoms with van der Waals surface area (Å²) >= 11 is 0. The van der Waals surface area contributed by atoms with Gasteiger partial charge in [-0.25, -0.2) is 4.79 Å². The Kier molecular flexibility index (Phi) is 5.16. The zero-order valence-corrected chi connectivity index (χ0v) is 15.5. The van der Waals surface area contributed by atoms with Crippen molar-refractivity contribution in [2.75, 3.05) is 19.7 Å². The second-order valence-electron chi connectivity index (χ2n) is 7.26. The third kappa shape index (κ3) is 4.10. The minimum atomic E-state index is -0.971. The molecule has 8 nitrogen and oxygen atoms in total. The van der Waals surface area contributed by atoms with Crippen LogP contribution in [0, 0.1) is 0 Å². The molecule has 144 valence electrons. The second kappa shape index (κ2) is 7.38. The normalized spacial score (nSPS) is 18.1. The molecule has 2 heterocycles. The maximum absolute atomic E-state index is 12.3. The van der Waals surface area contributed by atoms with Gasteiger partial charge in [-0.2, -0.15) is 0 Å². The number of rotatable bonds is 5. The molecule has 0 radical (unpaired) electrons. The Balaban J connectivity index is 1.44. The molecule has 4 amide bonds. The Bertz CT molecular complexity index is 789. The molecular weight excluding hydrogens is 350 g/mol. The Morgan fingerprint density at radius 2 is 1.89 bits per heavy atom. The molecule has 2 aliphatic rings. The molecule has 0 saturated carbocycles. The van der Waals surface area contributed by atoms with Crippen LogP contribution in [-0.2, 0) is 32.1 Å². The third-order valence-corrected chi connectivity index (χ3v) is 4.82. The molecule has 1 fully saturated rings. The molecule has 0 bridgehead atoms. The number of nitrogens with zero attached hydrogens (tertiary/aromatic N) is 2. The largest absolute Gasteiger partial charge is 0.456 e. The van der Waals surface area contributed by atoms with Crippen LogP contribution in [0.15, 0.2) is 24.3 Å². The van der Waals surface area contributed by atoms with E-state index in [4.69, 9.17) is 4.74 Å². The summed E-state index contributed by atoms with van der Waals surface area (Å²) in [5, 5.41) is 2.54. The van der Waals surface area contributed by atoms with Crippen LogP contribution in [-0.4, -0.2) is 58.8 Å². The van der Waals surface area contributed by atoms with Gasteiger partial charge in [0.25, 0.3) is 11.8 Å². The van der Waals surface area contributed by atoms with Crippen molar-refractivity contribution in [3.8, 4) is 0 Å². The van der Waals surface area contributed by atoms with E-state index in [1.165, 1.54) is 5.56 Å². The lowest BCUT2D eigenvalue weighted by Gasteiger charge is -2.28. The van der Waals surface area contributed by atoms with E-state index in [0.29, 0.717) is 13.1 Å². The van der Waals surface area contributed by atoms with Crippen molar-refractivity contribution in [2.24, 2.45) is 0 Å². The van der Waals surface area contributed by atoms with Crippen LogP contribution >= 0.6 is 0 Å². The lowest BCUT2D eigenvalue weighted by molar-refractivity contribution is -0.152. The fraction of sp³-hybridized carbons (Fsp3) is 0.474. The van der Waals surface area contributed by atoms with E-state index in [1.807, 2.05) is 24.3 Å². The summed E-state index contributed by atoms with van der Waals surface area (Å²) < 4.78 is 5.03. The van der Waals surface area contributed by atoms with Gasteiger partial charge in [0.15, 0.2) is 6.61 Å². The lowest BCUT2D eigenvalue weighted by Crippen LogP contribution is -2.40. The first kappa shape index (κ1) is 18.9. The molecule has 0 aromatic heterocycles. The molecule has 0 atom stereocenters. The highest BCUT2D eigenvalue weighted by atomic mass is 16.5. The number of urea groups is 1. The predicted octanol–water partition coefficient (Wildman–Crippen LogP) is 0.835. The van der Waals surface area contributed by atoms with Crippen LogP contribution < -0.4 is 5.32 Å². The molecule has 1 aromatic rings. The molecule has 0 aliphatic carbocycles. The highest BCUT2D eigenvalue weighted by Crippen LogP contribution is 2.19. The van der Waals surface area contributed by atoms with Gasteiger partial charge in [-0.15, -0.1) is 0 Å². The minimum Gasteiger partial charge on any atom is -0.456 e. The first-order valence-corrected chi connectivity index (χ1v) is 8.92. The van der Waals surface area contributed by atoms with E-state index in [9.17, 15) is 19.2 Å². The topological polar surface area (TPSA) is 96.0 Å². The van der Waals surface area contributed by atoms with Crippen molar-refractivity contribution >= 4 is 23.8 Å². The highest BCUT2D eigenvalue weighted by Gasteiger charge is 2.44. The zero-order chi connectivity index (χ0) is 19.6. The molecular formula is C19H23N3O5. The fourth-order valence-corrected chi connectivity index (χ4v) is 3.24. The van der Waals surface area contributed by atoms with E-state index in [2.05, 4.69) is 5.32 Å². The van der Waals surface area contributed by atoms with Crippen LogP contribution in [0.5, 0.6) is 0 Å². The molecule has 3 rings (SSSR count). The predicted molar refractivity (Wildman–Crippen MR) is 95.5 cm³/mol. The molecule has 8 heteroatoms. The van der Waals surface area contributed by atoms with Crippen molar-refractivity contribution in [1.82, 2.24) is 15.1 Å². The molecule has 1 aromatic carbocycles. The van der Waals surface area contributed by atoms with Crippen molar-refractivity contribution in [2.45, 2.75) is 38.8 Å². The molecule has 0 spiro atoms. The maximum Gasteiger partial charge on any atom is 0.325 e. The first-order valence-electron chi connectivity index (χ1n) is 8.92. The SMILES string of the molecule is CC1(C)NC(=O)N(CCC(=O)OCC(=O)N2CCc3ccccc3C2)C1=O. The summed E-state index contributed by atoms with van der Waals surface area (Å²) in [5.74, 6) is -1.26. The van der Waals surface area contributed by atoms with Crippen LogP contribution in [0.1, 0.15) is 31.4 Å². The number of amides is 4. The first-order chi connectivity index (χ1) is 12.8. The Labute approximate surface area is 157 Å². The third-order valence-electron chi connectivity index (χ3n) is 4.82. The van der Waals surface area contributed by atoms with E-state index in [0.717, 1.165) is 16.9 Å². The van der Waals surface area contributed by atoms with Gasteiger partial charge in [0.2, 0.25) is 0 Å². The number of imide groups is 1. The standard InChI is InChI=1S/C19H23N3O5/c1-19(2)17(25)22(18(26)20-19)10-8-16(24)27-12-15(23)21-9-7-13-5-3-4-6-14(13)11-21/h3-6H,7-12H2,1-2H3,(H,20,26). The van der Waals surface area contributed by atoms with Gasteiger partial charge in [0.05, 0.1) is 6.42 Å². The summed E-state index contributed by atoms with van der Waals surface area (Å²) in [6.45, 7) is 3.88. The average molecular weight is 373 g/mol. The number of hydrogen-bond acceptors (Lipinski definition) is 5. The van der Waals surface area contributed by atoms with Gasteiger partial charge in [-0.05, 0) is 31.4 Å². The van der Waals surface area contributed by atoms with Gasteiger partial charge in [-0.3, -0.25) is 19.3 Å². The molecule has 0 unspecified atom stereocenters. The summed E-state index contributed by atoms with van der Waals surface area (Å²) in [4.78, 5) is 50.7. The number of esters is 1. The zero-order valence-electron chi connectivity index (χ0n) is 15.5. The van der Waals surface area contributed by atoms with Crippen molar-refractivity contribution in [3.63, 3.8) is 0 Å². The second-order valence-corrected chi connectivity index (χ2v) is 7.26. The van der Waals surface area contributed by atoms with Crippen LogP contribution in [0.2, 0.25) is 0 Å². The Hall–Kier alpha value is -2.90. The van der Waals surface area contributed by atoms with Crippen LogP contribution in [0.3, 0.4) is 0 Å². The summed E-state index contributed by atoms with van der Waals surface area (Å²) in [5.41, 5.74) is 1.36. The molecule has 2 aliphatic heterocycles. The molecule has 1 N–H and O–H groups in total. The van der Waals surface area contributed by atoms with Gasteiger partial charge in [0, 0.05) is 19.6 Å². The maximum atomic E-state index is 12.3. The number of nitrogens with one attached hydrogen (secondary N) is 1. The minimum absolute atomic E-state index is 0.0712. The van der Waals surface area contributed by atoms with Crippen molar-refractivity contribution < 1.29 is 23.9 Å². The smallest absolute Gasteiger partial charge is 0.325 e. The average Bonchev–Trinajstić information content (AvgIpc) is 2.84. The summed E-state index contributed by atoms with van der Waals surface area (Å²) in [7, 11) is 0.